The average Bonchev–Trinajstić information content (AvgIpc) is 2.77. The third kappa shape index (κ3) is 8.63. The van der Waals surface area contributed by atoms with E-state index in [-0.39, 0.29) is 10.6 Å². The number of nitrogens with one attached hydrogen (secondary N) is 3. The Morgan fingerprint density at radius 1 is 0.970 bits per heavy atom. The molecule has 176 valence electrons. The van der Waals surface area contributed by atoms with Gasteiger partial charge in [-0.1, -0.05) is 23.2 Å². The number of hydrogen-bond donors (Lipinski definition) is 3. The van der Waals surface area contributed by atoms with Crippen LogP contribution in [0, 0.1) is 0 Å². The lowest BCUT2D eigenvalue weighted by molar-refractivity contribution is -0.152. The number of carbonyl (C=O) groups excluding carboxylic acids is 4. The number of esters is 1. The molecule has 0 saturated heterocycles. The summed E-state index contributed by atoms with van der Waals surface area (Å²) in [7, 11) is 0. The number of anilines is 1. The molecule has 2 aromatic carbocycles. The standard InChI is InChI=1S/C22H23Cl2N3O6/c1-3-32-16-7-5-15(6-8-16)27-21(30)13(2)33-20(29)12-25-19(28)11-26-22(31)17-9-4-14(23)10-18(17)24/h4-10,13H,3,11-12H2,1-2H3,(H,25,28)(H,26,31)(H,27,30). The maximum Gasteiger partial charge on any atom is 0.326 e. The summed E-state index contributed by atoms with van der Waals surface area (Å²) in [6.07, 6.45) is -1.09. The van der Waals surface area contributed by atoms with Crippen LogP contribution >= 0.6 is 23.2 Å². The fraction of sp³-hybridized carbons (Fsp3) is 0.273. The molecule has 0 spiro atoms. The second-order valence-corrected chi connectivity index (χ2v) is 7.51. The molecule has 1 atom stereocenters. The van der Waals surface area contributed by atoms with E-state index in [1.165, 1.54) is 25.1 Å². The van der Waals surface area contributed by atoms with Gasteiger partial charge in [-0.2, -0.15) is 0 Å². The molecule has 0 bridgehead atoms. The molecule has 2 aromatic rings. The molecule has 0 aliphatic rings. The molecule has 0 saturated carbocycles. The zero-order chi connectivity index (χ0) is 24.4. The molecule has 0 aromatic heterocycles. The minimum absolute atomic E-state index is 0.140. The predicted molar refractivity (Wildman–Crippen MR) is 124 cm³/mol. The van der Waals surface area contributed by atoms with Crippen molar-refractivity contribution in [3.05, 3.63) is 58.1 Å². The number of benzene rings is 2. The first-order chi connectivity index (χ1) is 15.7. The minimum Gasteiger partial charge on any atom is -0.494 e. The van der Waals surface area contributed by atoms with Crippen LogP contribution in [0.15, 0.2) is 42.5 Å². The van der Waals surface area contributed by atoms with Gasteiger partial charge in [-0.3, -0.25) is 19.2 Å². The molecule has 33 heavy (non-hydrogen) atoms. The van der Waals surface area contributed by atoms with Crippen molar-refractivity contribution in [2.45, 2.75) is 20.0 Å². The number of carbonyl (C=O) groups is 4. The van der Waals surface area contributed by atoms with Gasteiger partial charge in [-0.25, -0.2) is 0 Å². The highest BCUT2D eigenvalue weighted by molar-refractivity contribution is 6.36. The van der Waals surface area contributed by atoms with E-state index in [1.807, 2.05) is 6.92 Å². The van der Waals surface area contributed by atoms with E-state index in [1.54, 1.807) is 24.3 Å². The van der Waals surface area contributed by atoms with Gasteiger partial charge in [0, 0.05) is 10.7 Å². The van der Waals surface area contributed by atoms with Gasteiger partial charge in [0.15, 0.2) is 6.10 Å². The Morgan fingerprint density at radius 2 is 1.67 bits per heavy atom. The summed E-state index contributed by atoms with van der Waals surface area (Å²) in [6.45, 7) is 2.93. The SMILES string of the molecule is CCOc1ccc(NC(=O)C(C)OC(=O)CNC(=O)CNC(=O)c2ccc(Cl)cc2Cl)cc1. The molecule has 3 N–H and O–H groups in total. The van der Waals surface area contributed by atoms with Crippen LogP contribution in [0.3, 0.4) is 0 Å². The summed E-state index contributed by atoms with van der Waals surface area (Å²) < 4.78 is 10.3. The molecule has 0 aliphatic heterocycles. The predicted octanol–water partition coefficient (Wildman–Crippen LogP) is 2.81. The van der Waals surface area contributed by atoms with Crippen molar-refractivity contribution in [1.82, 2.24) is 10.6 Å². The van der Waals surface area contributed by atoms with Crippen molar-refractivity contribution >= 4 is 52.6 Å². The van der Waals surface area contributed by atoms with Crippen LogP contribution in [0.25, 0.3) is 0 Å². The van der Waals surface area contributed by atoms with Crippen LogP contribution in [0.2, 0.25) is 10.0 Å². The quantitative estimate of drug-likeness (QED) is 0.435. The number of rotatable bonds is 10. The molecule has 1 unspecified atom stereocenters. The highest BCUT2D eigenvalue weighted by atomic mass is 35.5. The Hall–Kier alpha value is -3.30. The van der Waals surface area contributed by atoms with Gasteiger partial charge in [0.25, 0.3) is 11.8 Å². The second-order valence-electron chi connectivity index (χ2n) is 6.66. The van der Waals surface area contributed by atoms with E-state index >= 15 is 0 Å². The number of ether oxygens (including phenoxy) is 2. The average molecular weight is 496 g/mol. The first kappa shape index (κ1) is 26.0. The fourth-order valence-corrected chi connectivity index (χ4v) is 2.99. The molecular weight excluding hydrogens is 473 g/mol. The van der Waals surface area contributed by atoms with Crippen molar-refractivity contribution in [2.75, 3.05) is 25.0 Å². The second kappa shape index (κ2) is 12.7. The van der Waals surface area contributed by atoms with Crippen LogP contribution < -0.4 is 20.7 Å². The van der Waals surface area contributed by atoms with Crippen molar-refractivity contribution < 1.29 is 28.7 Å². The van der Waals surface area contributed by atoms with Crippen molar-refractivity contribution in [3.8, 4) is 5.75 Å². The van der Waals surface area contributed by atoms with Crippen LogP contribution in [-0.2, 0) is 19.1 Å². The molecule has 11 heteroatoms. The van der Waals surface area contributed by atoms with Gasteiger partial charge in [0.2, 0.25) is 5.91 Å². The van der Waals surface area contributed by atoms with Gasteiger partial charge >= 0.3 is 5.97 Å². The third-order valence-electron chi connectivity index (χ3n) is 4.13. The lowest BCUT2D eigenvalue weighted by Crippen LogP contribution is -2.40. The van der Waals surface area contributed by atoms with Crippen molar-refractivity contribution in [2.24, 2.45) is 0 Å². The maximum atomic E-state index is 12.2. The van der Waals surface area contributed by atoms with E-state index in [4.69, 9.17) is 32.7 Å². The van der Waals surface area contributed by atoms with Crippen LogP contribution in [0.5, 0.6) is 5.75 Å². The summed E-state index contributed by atoms with van der Waals surface area (Å²) in [5.41, 5.74) is 0.664. The summed E-state index contributed by atoms with van der Waals surface area (Å²) in [5, 5.41) is 7.80. The van der Waals surface area contributed by atoms with Crippen LogP contribution in [-0.4, -0.2) is 49.5 Å². The van der Waals surface area contributed by atoms with Crippen LogP contribution in [0.4, 0.5) is 5.69 Å². The van der Waals surface area contributed by atoms with Crippen molar-refractivity contribution in [1.29, 1.82) is 0 Å². The topological polar surface area (TPSA) is 123 Å². The molecular formula is C22H23Cl2N3O6. The Labute approximate surface area is 200 Å². The van der Waals surface area contributed by atoms with Gasteiger partial charge in [0.05, 0.1) is 23.7 Å². The summed E-state index contributed by atoms with van der Waals surface area (Å²) in [5.74, 6) is -1.89. The maximum absolute atomic E-state index is 12.2. The smallest absolute Gasteiger partial charge is 0.326 e. The monoisotopic (exact) mass is 495 g/mol. The van der Waals surface area contributed by atoms with Gasteiger partial charge in [-0.15, -0.1) is 0 Å². The Balaban J connectivity index is 1.72. The third-order valence-corrected chi connectivity index (χ3v) is 4.67. The zero-order valence-electron chi connectivity index (χ0n) is 17.9. The van der Waals surface area contributed by atoms with E-state index in [2.05, 4.69) is 16.0 Å². The molecule has 3 amide bonds. The lowest BCUT2D eigenvalue weighted by atomic mass is 10.2. The first-order valence-corrected chi connectivity index (χ1v) is 10.7. The zero-order valence-corrected chi connectivity index (χ0v) is 19.5. The lowest BCUT2D eigenvalue weighted by Gasteiger charge is -2.14. The highest BCUT2D eigenvalue weighted by Crippen LogP contribution is 2.20. The van der Waals surface area contributed by atoms with Gasteiger partial charge in [0.1, 0.15) is 12.3 Å². The summed E-state index contributed by atoms with van der Waals surface area (Å²) in [6, 6.07) is 11.0. The summed E-state index contributed by atoms with van der Waals surface area (Å²) in [4.78, 5) is 48.1. The Morgan fingerprint density at radius 3 is 2.30 bits per heavy atom. The van der Waals surface area contributed by atoms with E-state index < -0.39 is 42.9 Å². The Bertz CT molecular complexity index is 1010. The summed E-state index contributed by atoms with van der Waals surface area (Å²) >= 11 is 11.7. The van der Waals surface area contributed by atoms with Gasteiger partial charge < -0.3 is 25.4 Å². The molecule has 9 nitrogen and oxygen atoms in total. The molecule has 0 heterocycles. The molecule has 2 rings (SSSR count). The first-order valence-electron chi connectivity index (χ1n) is 9.92. The normalized spacial score (nSPS) is 11.2. The Kier molecular flexibility index (Phi) is 9.96. The molecule has 0 radical (unpaired) electrons. The van der Waals surface area contributed by atoms with Crippen molar-refractivity contribution in [3.63, 3.8) is 0 Å². The number of halogens is 2. The minimum atomic E-state index is -1.09. The van der Waals surface area contributed by atoms with Gasteiger partial charge in [-0.05, 0) is 56.3 Å². The fourth-order valence-electron chi connectivity index (χ4n) is 2.50. The van der Waals surface area contributed by atoms with Crippen LogP contribution in [0.1, 0.15) is 24.2 Å². The van der Waals surface area contributed by atoms with E-state index in [9.17, 15) is 19.2 Å². The van der Waals surface area contributed by atoms with E-state index in [0.717, 1.165) is 0 Å². The van der Waals surface area contributed by atoms with E-state index in [0.29, 0.717) is 23.1 Å². The largest absolute Gasteiger partial charge is 0.494 e. The molecule has 0 fully saturated rings. The highest BCUT2D eigenvalue weighted by Gasteiger charge is 2.19. The number of amides is 3. The molecule has 0 aliphatic carbocycles. The number of hydrogen-bond acceptors (Lipinski definition) is 6.